The molecular weight excluding hydrogens is 459 g/mol. The molecule has 4 heterocycles. The van der Waals surface area contributed by atoms with Crippen LogP contribution in [-0.2, 0) is 25.7 Å². The van der Waals surface area contributed by atoms with Crippen LogP contribution in [-0.4, -0.2) is 21.4 Å². The Balaban J connectivity index is 1.31. The van der Waals surface area contributed by atoms with Gasteiger partial charge in [-0.2, -0.15) is 13.2 Å². The van der Waals surface area contributed by atoms with E-state index in [-0.39, 0.29) is 10.6 Å². The first-order valence-electron chi connectivity index (χ1n) is 9.94. The molecule has 0 N–H and O–H groups in total. The molecule has 0 bridgehead atoms. The Kier molecular flexibility index (Phi) is 5.53. The van der Waals surface area contributed by atoms with Gasteiger partial charge in [-0.15, -0.1) is 11.3 Å². The van der Waals surface area contributed by atoms with Crippen molar-refractivity contribution in [3.63, 3.8) is 0 Å². The van der Waals surface area contributed by atoms with Crippen molar-refractivity contribution in [1.29, 1.82) is 0 Å². The van der Waals surface area contributed by atoms with Gasteiger partial charge in [-0.05, 0) is 41.8 Å². The van der Waals surface area contributed by atoms with Crippen molar-refractivity contribution in [2.75, 3.05) is 6.54 Å². The lowest BCUT2D eigenvalue weighted by Gasteiger charge is -2.27. The molecule has 5 rings (SSSR count). The van der Waals surface area contributed by atoms with Gasteiger partial charge in [0.15, 0.2) is 5.82 Å². The van der Waals surface area contributed by atoms with Crippen molar-refractivity contribution in [1.82, 2.24) is 14.9 Å². The first-order valence-corrected chi connectivity index (χ1v) is 11.2. The summed E-state index contributed by atoms with van der Waals surface area (Å²) in [6, 6.07) is 10.6. The third kappa shape index (κ3) is 4.30. The molecule has 0 spiro atoms. The third-order valence-corrected chi connectivity index (χ3v) is 6.55. The summed E-state index contributed by atoms with van der Waals surface area (Å²) in [5, 5.41) is 2.22. The zero-order valence-corrected chi connectivity index (χ0v) is 18.3. The molecule has 0 amide bonds. The fraction of sp³-hybridized carbons (Fsp3) is 0.217. The van der Waals surface area contributed by atoms with Gasteiger partial charge in [0.1, 0.15) is 11.5 Å². The Hall–Kier alpha value is -2.68. The SMILES string of the molecule is FC(F)(F)c1ccc(Cl)c(-c2ccc(CN3CCc4nc(-c5cccs5)ncc4C3)o2)c1. The Labute approximate surface area is 191 Å². The normalized spacial score (nSPS) is 14.5. The molecule has 3 aromatic heterocycles. The van der Waals surface area contributed by atoms with Crippen molar-refractivity contribution in [3.05, 3.63) is 81.6 Å². The van der Waals surface area contributed by atoms with Gasteiger partial charge in [0.25, 0.3) is 0 Å². The number of aromatic nitrogens is 2. The zero-order chi connectivity index (χ0) is 22.3. The van der Waals surface area contributed by atoms with Crippen LogP contribution in [0.15, 0.2) is 58.5 Å². The first-order chi connectivity index (χ1) is 15.4. The monoisotopic (exact) mass is 475 g/mol. The molecule has 1 aliphatic rings. The molecule has 32 heavy (non-hydrogen) atoms. The topological polar surface area (TPSA) is 42.2 Å². The standard InChI is InChI=1S/C23H17ClF3N3OS/c24-18-5-3-15(23(25,26)27)10-17(18)20-6-4-16(31-20)13-30-8-7-19-14(12-30)11-28-22(29-19)21-2-1-9-32-21/h1-6,9-11H,7-8,12-13H2. The van der Waals surface area contributed by atoms with Gasteiger partial charge in [-0.1, -0.05) is 17.7 Å². The number of hydrogen-bond acceptors (Lipinski definition) is 5. The number of rotatable bonds is 4. The van der Waals surface area contributed by atoms with E-state index in [2.05, 4.69) is 9.88 Å². The van der Waals surface area contributed by atoms with Crippen molar-refractivity contribution < 1.29 is 17.6 Å². The predicted octanol–water partition coefficient (Wildman–Crippen LogP) is 6.70. The molecule has 0 saturated heterocycles. The number of furan rings is 1. The minimum absolute atomic E-state index is 0.212. The van der Waals surface area contributed by atoms with E-state index in [0.29, 0.717) is 24.6 Å². The van der Waals surface area contributed by atoms with Crippen molar-refractivity contribution in [2.45, 2.75) is 25.7 Å². The number of benzene rings is 1. The summed E-state index contributed by atoms with van der Waals surface area (Å²) in [6.45, 7) is 2.01. The van der Waals surface area contributed by atoms with Crippen LogP contribution in [0.2, 0.25) is 5.02 Å². The van der Waals surface area contributed by atoms with Gasteiger partial charge < -0.3 is 4.42 Å². The van der Waals surface area contributed by atoms with E-state index < -0.39 is 11.7 Å². The zero-order valence-electron chi connectivity index (χ0n) is 16.7. The molecule has 9 heteroatoms. The Morgan fingerprint density at radius 3 is 2.81 bits per heavy atom. The van der Waals surface area contributed by atoms with E-state index in [1.54, 1.807) is 23.5 Å². The molecule has 0 fully saturated rings. The van der Waals surface area contributed by atoms with Gasteiger partial charge >= 0.3 is 6.18 Å². The molecular formula is C23H17ClF3N3OS. The van der Waals surface area contributed by atoms with Crippen molar-refractivity contribution >= 4 is 22.9 Å². The van der Waals surface area contributed by atoms with Crippen LogP contribution in [0.1, 0.15) is 22.6 Å². The number of hydrogen-bond donors (Lipinski definition) is 0. The molecule has 1 aromatic carbocycles. The third-order valence-electron chi connectivity index (χ3n) is 5.35. The molecule has 4 aromatic rings. The fourth-order valence-electron chi connectivity index (χ4n) is 3.75. The van der Waals surface area contributed by atoms with E-state index in [0.717, 1.165) is 47.1 Å². The summed E-state index contributed by atoms with van der Waals surface area (Å²) < 4.78 is 45.1. The minimum atomic E-state index is -4.44. The number of halogens is 4. The van der Waals surface area contributed by atoms with E-state index in [9.17, 15) is 13.2 Å². The highest BCUT2D eigenvalue weighted by Crippen LogP contribution is 2.36. The quantitative estimate of drug-likeness (QED) is 0.329. The van der Waals surface area contributed by atoms with Gasteiger partial charge in [0.2, 0.25) is 0 Å². The number of alkyl halides is 3. The van der Waals surface area contributed by atoms with E-state index in [1.165, 1.54) is 6.07 Å². The lowest BCUT2D eigenvalue weighted by Crippen LogP contribution is -2.30. The Bertz CT molecular complexity index is 1250. The van der Waals surface area contributed by atoms with Crippen LogP contribution < -0.4 is 0 Å². The van der Waals surface area contributed by atoms with Crippen molar-refractivity contribution in [3.8, 4) is 22.0 Å². The van der Waals surface area contributed by atoms with Gasteiger partial charge in [-0.3, -0.25) is 4.90 Å². The highest BCUT2D eigenvalue weighted by Gasteiger charge is 2.31. The average Bonchev–Trinajstić information content (AvgIpc) is 3.45. The maximum absolute atomic E-state index is 13.1. The number of fused-ring (bicyclic) bond motifs is 1. The Morgan fingerprint density at radius 2 is 2.03 bits per heavy atom. The van der Waals surface area contributed by atoms with Crippen LogP contribution in [0.3, 0.4) is 0 Å². The second-order valence-electron chi connectivity index (χ2n) is 7.56. The summed E-state index contributed by atoms with van der Waals surface area (Å²) in [4.78, 5) is 12.5. The molecule has 0 unspecified atom stereocenters. The minimum Gasteiger partial charge on any atom is -0.460 e. The van der Waals surface area contributed by atoms with Crippen molar-refractivity contribution in [2.24, 2.45) is 0 Å². The lowest BCUT2D eigenvalue weighted by atomic mass is 10.1. The van der Waals surface area contributed by atoms with Crippen LogP contribution in [0.4, 0.5) is 13.2 Å². The smallest absolute Gasteiger partial charge is 0.416 e. The van der Waals surface area contributed by atoms with E-state index in [4.69, 9.17) is 21.0 Å². The molecule has 164 valence electrons. The van der Waals surface area contributed by atoms with Crippen LogP contribution in [0, 0.1) is 0 Å². The van der Waals surface area contributed by atoms with Gasteiger partial charge in [-0.25, -0.2) is 9.97 Å². The summed E-state index contributed by atoms with van der Waals surface area (Å²) in [5.41, 5.74) is 1.59. The average molecular weight is 476 g/mol. The maximum Gasteiger partial charge on any atom is 0.416 e. The van der Waals surface area contributed by atoms with Crippen LogP contribution in [0.5, 0.6) is 0 Å². The van der Waals surface area contributed by atoms with E-state index >= 15 is 0 Å². The summed E-state index contributed by atoms with van der Waals surface area (Å²) in [7, 11) is 0. The second-order valence-corrected chi connectivity index (χ2v) is 8.92. The maximum atomic E-state index is 13.1. The first kappa shape index (κ1) is 21.2. The second kappa shape index (κ2) is 8.35. The predicted molar refractivity (Wildman–Crippen MR) is 117 cm³/mol. The largest absolute Gasteiger partial charge is 0.460 e. The van der Waals surface area contributed by atoms with Crippen LogP contribution in [0.25, 0.3) is 22.0 Å². The molecule has 0 atom stereocenters. The fourth-order valence-corrected chi connectivity index (χ4v) is 4.63. The highest BCUT2D eigenvalue weighted by molar-refractivity contribution is 7.13. The summed E-state index contributed by atoms with van der Waals surface area (Å²) >= 11 is 7.75. The van der Waals surface area contributed by atoms with Gasteiger partial charge in [0, 0.05) is 36.8 Å². The van der Waals surface area contributed by atoms with Gasteiger partial charge in [0.05, 0.1) is 27.7 Å². The molecule has 0 aliphatic carbocycles. The summed E-state index contributed by atoms with van der Waals surface area (Å²) in [6.07, 6.45) is -1.77. The van der Waals surface area contributed by atoms with Crippen LogP contribution >= 0.6 is 22.9 Å². The molecule has 0 radical (unpaired) electrons. The van der Waals surface area contributed by atoms with E-state index in [1.807, 2.05) is 23.7 Å². The molecule has 0 saturated carbocycles. The summed E-state index contributed by atoms with van der Waals surface area (Å²) in [5.74, 6) is 1.73. The lowest BCUT2D eigenvalue weighted by molar-refractivity contribution is -0.137. The number of nitrogens with zero attached hydrogens (tertiary/aromatic N) is 3. The Morgan fingerprint density at radius 1 is 1.16 bits per heavy atom. The number of thiophene rings is 1. The molecule has 1 aliphatic heterocycles. The highest BCUT2D eigenvalue weighted by atomic mass is 35.5. The molecule has 4 nitrogen and oxygen atoms in total.